The Balaban J connectivity index is 1.93. The number of pyridine rings is 1. The molecule has 0 aromatic carbocycles. The summed E-state index contributed by atoms with van der Waals surface area (Å²) in [6.07, 6.45) is 2.87. The van der Waals surface area contributed by atoms with Gasteiger partial charge in [0.25, 0.3) is 0 Å². The number of aromatic nitrogens is 2. The molecule has 0 aliphatic carbocycles. The molecule has 0 bridgehead atoms. The van der Waals surface area contributed by atoms with Gasteiger partial charge in [-0.3, -0.25) is 9.78 Å². The number of ether oxygens (including phenoxy) is 1. The molecule has 19 heavy (non-hydrogen) atoms. The summed E-state index contributed by atoms with van der Waals surface area (Å²) in [5.41, 5.74) is 1.58. The number of rotatable bonds is 6. The summed E-state index contributed by atoms with van der Waals surface area (Å²) in [6.45, 7) is 0.588. The third-order valence-corrected chi connectivity index (χ3v) is 3.19. The summed E-state index contributed by atoms with van der Waals surface area (Å²) in [7, 11) is 1.62. The van der Waals surface area contributed by atoms with Gasteiger partial charge in [0.1, 0.15) is 5.69 Å². The fourth-order valence-corrected chi connectivity index (χ4v) is 2.24. The van der Waals surface area contributed by atoms with Crippen molar-refractivity contribution in [2.75, 3.05) is 19.0 Å². The number of anilines is 1. The summed E-state index contributed by atoms with van der Waals surface area (Å²) >= 11 is 1.40. The zero-order chi connectivity index (χ0) is 13.5. The summed E-state index contributed by atoms with van der Waals surface area (Å²) in [6, 6.07) is 5.65. The highest BCUT2D eigenvalue weighted by Crippen LogP contribution is 2.23. The topological polar surface area (TPSA) is 64.1 Å². The van der Waals surface area contributed by atoms with E-state index in [0.29, 0.717) is 24.6 Å². The molecule has 2 heterocycles. The second-order valence-corrected chi connectivity index (χ2v) is 4.76. The maximum absolute atomic E-state index is 11.6. The molecule has 100 valence electrons. The molecule has 6 heteroatoms. The van der Waals surface area contributed by atoms with Gasteiger partial charge in [0.15, 0.2) is 5.13 Å². The number of methoxy groups -OCH3 is 1. The molecule has 2 rings (SSSR count). The van der Waals surface area contributed by atoms with Crippen molar-refractivity contribution < 1.29 is 9.53 Å². The van der Waals surface area contributed by atoms with Crippen LogP contribution < -0.4 is 5.32 Å². The lowest BCUT2D eigenvalue weighted by Gasteiger charge is -2.00. The van der Waals surface area contributed by atoms with E-state index in [0.717, 1.165) is 11.4 Å². The van der Waals surface area contributed by atoms with Crippen molar-refractivity contribution in [2.45, 2.75) is 12.8 Å². The molecule has 5 nitrogen and oxygen atoms in total. The van der Waals surface area contributed by atoms with Gasteiger partial charge >= 0.3 is 0 Å². The number of carbonyl (C=O) groups excluding carboxylic acids is 1. The van der Waals surface area contributed by atoms with E-state index >= 15 is 0 Å². The molecule has 0 saturated heterocycles. The predicted molar refractivity (Wildman–Crippen MR) is 75.1 cm³/mol. The van der Waals surface area contributed by atoms with Gasteiger partial charge in [-0.15, -0.1) is 11.3 Å². The van der Waals surface area contributed by atoms with Crippen LogP contribution in [0.5, 0.6) is 0 Å². The van der Waals surface area contributed by atoms with E-state index in [1.54, 1.807) is 13.3 Å². The third-order valence-electron chi connectivity index (χ3n) is 2.43. The molecule has 0 aliphatic heterocycles. The molecule has 0 spiro atoms. The van der Waals surface area contributed by atoms with E-state index in [1.165, 1.54) is 11.3 Å². The van der Waals surface area contributed by atoms with Crippen LogP contribution in [0.25, 0.3) is 11.4 Å². The molecule has 0 radical (unpaired) electrons. The van der Waals surface area contributed by atoms with Gasteiger partial charge in [-0.2, -0.15) is 0 Å². The number of amides is 1. The van der Waals surface area contributed by atoms with Gasteiger partial charge in [-0.05, 0) is 18.6 Å². The van der Waals surface area contributed by atoms with Gasteiger partial charge in [-0.1, -0.05) is 6.07 Å². The fraction of sp³-hybridized carbons (Fsp3) is 0.308. The van der Waals surface area contributed by atoms with E-state index in [4.69, 9.17) is 4.74 Å². The van der Waals surface area contributed by atoms with Gasteiger partial charge in [0.05, 0.1) is 5.69 Å². The number of nitrogens with zero attached hydrogens (tertiary/aromatic N) is 2. The molecule has 0 fully saturated rings. The first-order chi connectivity index (χ1) is 9.29. The monoisotopic (exact) mass is 277 g/mol. The Morgan fingerprint density at radius 1 is 1.42 bits per heavy atom. The minimum atomic E-state index is -0.0426. The molecule has 0 atom stereocenters. The summed E-state index contributed by atoms with van der Waals surface area (Å²) in [4.78, 5) is 20.2. The molecule has 0 saturated carbocycles. The summed E-state index contributed by atoms with van der Waals surface area (Å²) in [5, 5.41) is 5.26. The second kappa shape index (κ2) is 6.96. The molecule has 1 amide bonds. The highest BCUT2D eigenvalue weighted by Gasteiger charge is 2.08. The van der Waals surface area contributed by atoms with Crippen LogP contribution in [0.4, 0.5) is 5.13 Å². The number of hydrogen-bond donors (Lipinski definition) is 1. The van der Waals surface area contributed by atoms with Crippen molar-refractivity contribution in [3.05, 3.63) is 29.8 Å². The lowest BCUT2D eigenvalue weighted by molar-refractivity contribution is -0.116. The van der Waals surface area contributed by atoms with E-state index in [1.807, 2.05) is 23.6 Å². The van der Waals surface area contributed by atoms with E-state index in [9.17, 15) is 4.79 Å². The number of carbonyl (C=O) groups is 1. The number of nitrogens with one attached hydrogen (secondary N) is 1. The average molecular weight is 277 g/mol. The van der Waals surface area contributed by atoms with Crippen LogP contribution in [-0.4, -0.2) is 29.6 Å². The van der Waals surface area contributed by atoms with Crippen molar-refractivity contribution in [1.82, 2.24) is 9.97 Å². The Morgan fingerprint density at radius 2 is 2.32 bits per heavy atom. The third kappa shape index (κ3) is 4.11. The molecule has 0 unspecified atom stereocenters. The van der Waals surface area contributed by atoms with E-state index < -0.39 is 0 Å². The first kappa shape index (κ1) is 13.6. The van der Waals surface area contributed by atoms with Gasteiger partial charge in [0, 0.05) is 31.7 Å². The zero-order valence-corrected chi connectivity index (χ0v) is 11.4. The minimum absolute atomic E-state index is 0.0426. The van der Waals surface area contributed by atoms with Crippen LogP contribution in [0.15, 0.2) is 29.8 Å². The minimum Gasteiger partial charge on any atom is -0.385 e. The average Bonchev–Trinajstić information content (AvgIpc) is 2.88. The van der Waals surface area contributed by atoms with Crippen molar-refractivity contribution in [3.63, 3.8) is 0 Å². The van der Waals surface area contributed by atoms with Crippen LogP contribution >= 0.6 is 11.3 Å². The Hall–Kier alpha value is -1.79. The Bertz CT molecular complexity index is 528. The largest absolute Gasteiger partial charge is 0.385 e. The zero-order valence-electron chi connectivity index (χ0n) is 10.6. The van der Waals surface area contributed by atoms with E-state index in [2.05, 4.69) is 15.3 Å². The molecular formula is C13H15N3O2S. The first-order valence-corrected chi connectivity index (χ1v) is 6.83. The van der Waals surface area contributed by atoms with Crippen LogP contribution in [-0.2, 0) is 9.53 Å². The van der Waals surface area contributed by atoms with Crippen LogP contribution in [0.3, 0.4) is 0 Å². The first-order valence-electron chi connectivity index (χ1n) is 5.95. The van der Waals surface area contributed by atoms with Crippen molar-refractivity contribution in [3.8, 4) is 11.4 Å². The van der Waals surface area contributed by atoms with Gasteiger partial charge in [0.2, 0.25) is 5.91 Å². The number of thiazole rings is 1. The Kier molecular flexibility index (Phi) is 5.00. The standard InChI is InChI=1S/C13H15N3O2S/c1-18-8-4-6-12(17)16-13-15-11(9-19-13)10-5-2-3-7-14-10/h2-3,5,7,9H,4,6,8H2,1H3,(H,15,16,17). The molecule has 2 aromatic heterocycles. The van der Waals surface area contributed by atoms with Crippen LogP contribution in [0.1, 0.15) is 12.8 Å². The summed E-state index contributed by atoms with van der Waals surface area (Å²) < 4.78 is 4.90. The maximum atomic E-state index is 11.6. The van der Waals surface area contributed by atoms with Gasteiger partial charge in [-0.25, -0.2) is 4.98 Å². The number of hydrogen-bond acceptors (Lipinski definition) is 5. The maximum Gasteiger partial charge on any atom is 0.226 e. The lowest BCUT2D eigenvalue weighted by Crippen LogP contribution is -2.11. The fourth-order valence-electron chi connectivity index (χ4n) is 1.52. The predicted octanol–water partition coefficient (Wildman–Crippen LogP) is 2.57. The highest BCUT2D eigenvalue weighted by molar-refractivity contribution is 7.14. The van der Waals surface area contributed by atoms with Crippen LogP contribution in [0.2, 0.25) is 0 Å². The molecule has 1 N–H and O–H groups in total. The molecular weight excluding hydrogens is 262 g/mol. The second-order valence-electron chi connectivity index (χ2n) is 3.90. The van der Waals surface area contributed by atoms with Crippen LogP contribution in [0, 0.1) is 0 Å². The molecule has 2 aromatic rings. The highest BCUT2D eigenvalue weighted by atomic mass is 32.1. The summed E-state index contributed by atoms with van der Waals surface area (Å²) in [5.74, 6) is -0.0426. The van der Waals surface area contributed by atoms with Gasteiger partial charge < -0.3 is 10.1 Å². The van der Waals surface area contributed by atoms with Crippen molar-refractivity contribution in [2.24, 2.45) is 0 Å². The quantitative estimate of drug-likeness (QED) is 0.824. The Labute approximate surface area is 115 Å². The van der Waals surface area contributed by atoms with Crippen molar-refractivity contribution in [1.29, 1.82) is 0 Å². The lowest BCUT2D eigenvalue weighted by atomic mass is 10.3. The SMILES string of the molecule is COCCCC(=O)Nc1nc(-c2ccccn2)cs1. The van der Waals surface area contributed by atoms with Crippen molar-refractivity contribution >= 4 is 22.4 Å². The smallest absolute Gasteiger partial charge is 0.226 e. The van der Waals surface area contributed by atoms with E-state index in [-0.39, 0.29) is 5.91 Å². The molecule has 0 aliphatic rings. The normalized spacial score (nSPS) is 10.4. The Morgan fingerprint density at radius 3 is 3.05 bits per heavy atom.